The van der Waals surface area contributed by atoms with E-state index in [0.717, 1.165) is 18.4 Å². The molecular formula is C18H24ClN3O3. The highest BCUT2D eigenvalue weighted by atomic mass is 35.5. The van der Waals surface area contributed by atoms with Crippen LogP contribution in [0.5, 0.6) is 0 Å². The number of carbonyl (C=O) groups excluding carboxylic acids is 1. The van der Waals surface area contributed by atoms with Crippen molar-refractivity contribution in [1.29, 1.82) is 0 Å². The molecule has 1 fully saturated rings. The van der Waals surface area contributed by atoms with Gasteiger partial charge in [0.05, 0.1) is 12.2 Å². The van der Waals surface area contributed by atoms with Gasteiger partial charge in [-0.05, 0) is 25.7 Å². The maximum atomic E-state index is 12.4. The standard InChI is InChI=1S/C18H23N3O3.ClH/c1-12(21-17(22)16(19)14-7-9-23-10-8-14)18-20-11-15(24-18)13-5-3-2-4-6-13;/h2-6,11-12,14,16H,7-10,19H2,1H3,(H,21,22);1H. The van der Waals surface area contributed by atoms with Crippen LogP contribution in [0.2, 0.25) is 0 Å². The highest BCUT2D eigenvalue weighted by Gasteiger charge is 2.28. The number of amides is 1. The van der Waals surface area contributed by atoms with Gasteiger partial charge < -0.3 is 20.2 Å². The van der Waals surface area contributed by atoms with Gasteiger partial charge in [-0.25, -0.2) is 4.98 Å². The fourth-order valence-electron chi connectivity index (χ4n) is 2.88. The number of benzene rings is 1. The van der Waals surface area contributed by atoms with Gasteiger partial charge in [0.25, 0.3) is 0 Å². The first-order chi connectivity index (χ1) is 11.6. The third kappa shape index (κ3) is 4.81. The van der Waals surface area contributed by atoms with E-state index in [0.29, 0.717) is 24.9 Å². The van der Waals surface area contributed by atoms with E-state index in [-0.39, 0.29) is 30.3 Å². The van der Waals surface area contributed by atoms with Crippen LogP contribution in [0, 0.1) is 5.92 Å². The molecule has 7 heteroatoms. The molecule has 0 bridgehead atoms. The van der Waals surface area contributed by atoms with E-state index in [9.17, 15) is 4.79 Å². The Hall–Kier alpha value is -1.89. The van der Waals surface area contributed by atoms with E-state index in [4.69, 9.17) is 14.9 Å². The third-order valence-electron chi connectivity index (χ3n) is 4.39. The summed E-state index contributed by atoms with van der Waals surface area (Å²) in [6.07, 6.45) is 3.31. The molecule has 6 nitrogen and oxygen atoms in total. The molecule has 2 heterocycles. The molecule has 2 atom stereocenters. The number of halogens is 1. The van der Waals surface area contributed by atoms with E-state index in [1.807, 2.05) is 37.3 Å². The van der Waals surface area contributed by atoms with Gasteiger partial charge in [-0.1, -0.05) is 30.3 Å². The Kier molecular flexibility index (Phi) is 6.99. The van der Waals surface area contributed by atoms with Gasteiger partial charge in [0.15, 0.2) is 5.76 Å². The van der Waals surface area contributed by atoms with Crippen LogP contribution in [0.15, 0.2) is 40.9 Å². The van der Waals surface area contributed by atoms with Crippen LogP contribution in [0.25, 0.3) is 11.3 Å². The van der Waals surface area contributed by atoms with E-state index < -0.39 is 6.04 Å². The number of nitrogens with zero attached hydrogens (tertiary/aromatic N) is 1. The number of aromatic nitrogens is 1. The van der Waals surface area contributed by atoms with Crippen molar-refractivity contribution in [3.63, 3.8) is 0 Å². The molecule has 0 spiro atoms. The van der Waals surface area contributed by atoms with Crippen molar-refractivity contribution in [2.75, 3.05) is 13.2 Å². The molecule has 1 saturated heterocycles. The zero-order valence-electron chi connectivity index (χ0n) is 14.2. The second-order valence-electron chi connectivity index (χ2n) is 6.13. The number of hydrogen-bond donors (Lipinski definition) is 2. The monoisotopic (exact) mass is 365 g/mol. The predicted molar refractivity (Wildman–Crippen MR) is 97.3 cm³/mol. The quantitative estimate of drug-likeness (QED) is 0.850. The number of hydrogen-bond acceptors (Lipinski definition) is 5. The van der Waals surface area contributed by atoms with Gasteiger partial charge in [0.1, 0.15) is 6.04 Å². The summed E-state index contributed by atoms with van der Waals surface area (Å²) in [5.74, 6) is 1.14. The molecule has 1 amide bonds. The average Bonchev–Trinajstić information content (AvgIpc) is 3.13. The van der Waals surface area contributed by atoms with Gasteiger partial charge in [0, 0.05) is 18.8 Å². The van der Waals surface area contributed by atoms with Gasteiger partial charge in [-0.2, -0.15) is 0 Å². The first-order valence-corrected chi connectivity index (χ1v) is 8.30. The second-order valence-corrected chi connectivity index (χ2v) is 6.13. The molecule has 3 N–H and O–H groups in total. The van der Waals surface area contributed by atoms with Gasteiger partial charge in [-0.15, -0.1) is 12.4 Å². The first-order valence-electron chi connectivity index (χ1n) is 8.30. The smallest absolute Gasteiger partial charge is 0.237 e. The lowest BCUT2D eigenvalue weighted by Gasteiger charge is -2.27. The first kappa shape index (κ1) is 19.4. The fraction of sp³-hybridized carbons (Fsp3) is 0.444. The minimum absolute atomic E-state index is 0. The van der Waals surface area contributed by atoms with E-state index >= 15 is 0 Å². The molecule has 2 unspecified atom stereocenters. The molecule has 1 aliphatic heterocycles. The van der Waals surface area contributed by atoms with Crippen LogP contribution in [0.4, 0.5) is 0 Å². The Morgan fingerprint density at radius 3 is 2.64 bits per heavy atom. The van der Waals surface area contributed by atoms with E-state index in [2.05, 4.69) is 10.3 Å². The van der Waals surface area contributed by atoms with Crippen molar-refractivity contribution in [2.24, 2.45) is 11.7 Å². The van der Waals surface area contributed by atoms with Crippen molar-refractivity contribution in [3.05, 3.63) is 42.4 Å². The molecule has 0 radical (unpaired) electrons. The Bertz CT molecular complexity index is 671. The number of nitrogens with one attached hydrogen (secondary N) is 1. The molecular weight excluding hydrogens is 342 g/mol. The molecule has 1 aliphatic rings. The Morgan fingerprint density at radius 1 is 1.28 bits per heavy atom. The summed E-state index contributed by atoms with van der Waals surface area (Å²) >= 11 is 0. The summed E-state index contributed by atoms with van der Waals surface area (Å²) in [5.41, 5.74) is 7.05. The van der Waals surface area contributed by atoms with Crippen LogP contribution >= 0.6 is 12.4 Å². The van der Waals surface area contributed by atoms with Crippen LogP contribution in [-0.2, 0) is 9.53 Å². The molecule has 136 valence electrons. The molecule has 3 rings (SSSR count). The zero-order valence-corrected chi connectivity index (χ0v) is 15.0. The minimum Gasteiger partial charge on any atom is -0.438 e. The van der Waals surface area contributed by atoms with Gasteiger partial charge >= 0.3 is 0 Å². The highest BCUT2D eigenvalue weighted by Crippen LogP contribution is 2.23. The average molecular weight is 366 g/mol. The van der Waals surface area contributed by atoms with Crippen molar-refractivity contribution in [2.45, 2.75) is 31.8 Å². The number of nitrogens with two attached hydrogens (primary N) is 1. The maximum absolute atomic E-state index is 12.4. The molecule has 0 aliphatic carbocycles. The summed E-state index contributed by atoms with van der Waals surface area (Å²) in [4.78, 5) is 16.6. The molecule has 2 aromatic rings. The molecule has 25 heavy (non-hydrogen) atoms. The Morgan fingerprint density at radius 2 is 1.96 bits per heavy atom. The summed E-state index contributed by atoms with van der Waals surface area (Å²) in [5, 5.41) is 2.90. The van der Waals surface area contributed by atoms with Crippen LogP contribution in [0.3, 0.4) is 0 Å². The van der Waals surface area contributed by atoms with E-state index in [1.165, 1.54) is 0 Å². The lowest BCUT2D eigenvalue weighted by Crippen LogP contribution is -2.47. The number of rotatable bonds is 5. The fourth-order valence-corrected chi connectivity index (χ4v) is 2.88. The summed E-state index contributed by atoms with van der Waals surface area (Å²) in [6, 6.07) is 8.87. The topological polar surface area (TPSA) is 90.4 Å². The largest absolute Gasteiger partial charge is 0.438 e. The predicted octanol–water partition coefficient (Wildman–Crippen LogP) is 2.69. The summed E-state index contributed by atoms with van der Waals surface area (Å²) < 4.78 is 11.1. The van der Waals surface area contributed by atoms with E-state index in [1.54, 1.807) is 6.20 Å². The Balaban J connectivity index is 0.00000225. The molecule has 1 aromatic heterocycles. The van der Waals surface area contributed by atoms with Gasteiger partial charge in [0.2, 0.25) is 11.8 Å². The third-order valence-corrected chi connectivity index (χ3v) is 4.39. The second kappa shape index (κ2) is 8.99. The molecule has 1 aromatic carbocycles. The normalized spacial score (nSPS) is 17.4. The highest BCUT2D eigenvalue weighted by molar-refractivity contribution is 5.85. The number of carbonyl (C=O) groups is 1. The van der Waals surface area contributed by atoms with Crippen LogP contribution < -0.4 is 11.1 Å². The van der Waals surface area contributed by atoms with Crippen molar-refractivity contribution < 1.29 is 13.9 Å². The zero-order chi connectivity index (χ0) is 16.9. The van der Waals surface area contributed by atoms with Crippen molar-refractivity contribution in [3.8, 4) is 11.3 Å². The van der Waals surface area contributed by atoms with Crippen LogP contribution in [-0.4, -0.2) is 30.1 Å². The van der Waals surface area contributed by atoms with Crippen molar-refractivity contribution >= 4 is 18.3 Å². The number of oxazole rings is 1. The SMILES string of the molecule is CC(NC(=O)C(N)C1CCOCC1)c1ncc(-c2ccccc2)o1.Cl. The lowest BCUT2D eigenvalue weighted by molar-refractivity contribution is -0.125. The summed E-state index contributed by atoms with van der Waals surface area (Å²) in [6.45, 7) is 3.18. The van der Waals surface area contributed by atoms with Gasteiger partial charge in [-0.3, -0.25) is 4.79 Å². The maximum Gasteiger partial charge on any atom is 0.237 e. The number of ether oxygens (including phenoxy) is 1. The molecule has 0 saturated carbocycles. The Labute approximate surface area is 153 Å². The van der Waals surface area contributed by atoms with Crippen LogP contribution in [0.1, 0.15) is 31.7 Å². The van der Waals surface area contributed by atoms with Crippen molar-refractivity contribution in [1.82, 2.24) is 10.3 Å². The lowest BCUT2D eigenvalue weighted by atomic mass is 9.92. The minimum atomic E-state index is -0.528. The summed E-state index contributed by atoms with van der Waals surface area (Å²) in [7, 11) is 0.